The van der Waals surface area contributed by atoms with Crippen LogP contribution in [0.25, 0.3) is 78.1 Å². The molecule has 1 aliphatic heterocycles. The molecule has 0 amide bonds. The van der Waals surface area contributed by atoms with Crippen molar-refractivity contribution in [2.24, 2.45) is 0 Å². The minimum absolute atomic E-state index is 0.404. The summed E-state index contributed by atoms with van der Waals surface area (Å²) in [7, 11) is 0. The van der Waals surface area contributed by atoms with E-state index in [0.717, 1.165) is 28.1 Å². The Morgan fingerprint density at radius 1 is 0.274 bits per heavy atom. The summed E-state index contributed by atoms with van der Waals surface area (Å²) >= 11 is 1.89. The highest BCUT2D eigenvalue weighted by molar-refractivity contribution is 7.99. The van der Waals surface area contributed by atoms with E-state index in [4.69, 9.17) is 4.98 Å². The van der Waals surface area contributed by atoms with Crippen molar-refractivity contribution in [1.82, 2.24) is 4.98 Å². The molecule has 0 unspecified atom stereocenters. The van der Waals surface area contributed by atoms with Crippen LogP contribution in [0.3, 0.4) is 0 Å². The third kappa shape index (κ3) is 5.83. The Hall–Kier alpha value is -7.52. The average Bonchev–Trinajstić information content (AvgIpc) is 3.65. The topological polar surface area (TPSA) is 12.9 Å². The van der Waals surface area contributed by atoms with Gasteiger partial charge in [-0.05, 0) is 108 Å². The predicted octanol–water partition coefficient (Wildman–Crippen LogP) is 15.9. The molecule has 12 rings (SSSR count). The second kappa shape index (κ2) is 14.9. The van der Waals surface area contributed by atoms with Gasteiger partial charge in [-0.1, -0.05) is 218 Å². The Bertz CT molecular complexity index is 3200. The van der Waals surface area contributed by atoms with Crippen LogP contribution in [0.2, 0.25) is 0 Å². The highest BCUT2D eigenvalue weighted by Crippen LogP contribution is 2.62. The largest absolute Gasteiger partial charge is 0.248 e. The van der Waals surface area contributed by atoms with E-state index in [0.29, 0.717) is 0 Å². The van der Waals surface area contributed by atoms with Crippen LogP contribution < -0.4 is 0 Å². The molecule has 290 valence electrons. The monoisotopic (exact) mass is 805 g/mol. The van der Waals surface area contributed by atoms with E-state index in [1.807, 2.05) is 11.8 Å². The molecule has 1 spiro atoms. The molecule has 0 bridgehead atoms. The second-order valence-electron chi connectivity index (χ2n) is 16.2. The van der Waals surface area contributed by atoms with Gasteiger partial charge in [-0.15, -0.1) is 0 Å². The van der Waals surface area contributed by atoms with Crippen molar-refractivity contribution in [1.29, 1.82) is 0 Å². The predicted molar refractivity (Wildman–Crippen MR) is 258 cm³/mol. The molecule has 0 atom stereocenters. The van der Waals surface area contributed by atoms with Gasteiger partial charge < -0.3 is 0 Å². The van der Waals surface area contributed by atoms with Crippen molar-refractivity contribution in [3.8, 4) is 78.1 Å². The normalized spacial score (nSPS) is 12.9. The summed E-state index contributed by atoms with van der Waals surface area (Å²) in [5.41, 5.74) is 21.2. The summed E-state index contributed by atoms with van der Waals surface area (Å²) in [5.74, 6) is 0. The van der Waals surface area contributed by atoms with Gasteiger partial charge in [-0.25, -0.2) is 4.98 Å². The molecule has 0 fully saturated rings. The van der Waals surface area contributed by atoms with E-state index in [1.54, 1.807) is 0 Å². The van der Waals surface area contributed by atoms with Crippen LogP contribution in [0.5, 0.6) is 0 Å². The molecular weight excluding hydrogens is 767 g/mol. The SMILES string of the molecule is c1ccc(-c2cc(-c3cccc(-c4ccc(-c5ccc6c(c5)C5(c7ccccc7S6)c6ccccc6-c6ccccc65)cc4)c3-c3ccccc3)cc(-c3ccccc3)n2)cc1. The molecule has 0 saturated heterocycles. The molecular formula is C60H39NS. The average molecular weight is 806 g/mol. The summed E-state index contributed by atoms with van der Waals surface area (Å²) in [6, 6.07) is 86.5. The third-order valence-corrected chi connectivity index (χ3v) is 13.9. The zero-order valence-corrected chi connectivity index (χ0v) is 34.7. The van der Waals surface area contributed by atoms with E-state index in [9.17, 15) is 0 Å². The number of benzene rings is 9. The first-order valence-electron chi connectivity index (χ1n) is 21.3. The minimum Gasteiger partial charge on any atom is -0.248 e. The van der Waals surface area contributed by atoms with Crippen LogP contribution in [0.15, 0.2) is 246 Å². The molecule has 10 aromatic rings. The summed E-state index contributed by atoms with van der Waals surface area (Å²) in [6.45, 7) is 0. The van der Waals surface area contributed by atoms with Crippen LogP contribution >= 0.6 is 11.8 Å². The first-order valence-corrected chi connectivity index (χ1v) is 22.1. The number of hydrogen-bond donors (Lipinski definition) is 0. The molecule has 2 aliphatic rings. The summed E-state index contributed by atoms with van der Waals surface area (Å²) in [6.07, 6.45) is 0. The third-order valence-electron chi connectivity index (χ3n) is 12.8. The van der Waals surface area contributed by atoms with Gasteiger partial charge in [-0.3, -0.25) is 0 Å². The van der Waals surface area contributed by atoms with E-state index in [2.05, 4.69) is 237 Å². The lowest BCUT2D eigenvalue weighted by Gasteiger charge is -2.40. The Labute approximate surface area is 367 Å². The molecule has 1 aromatic heterocycles. The number of pyridine rings is 1. The zero-order valence-electron chi connectivity index (χ0n) is 33.9. The van der Waals surface area contributed by atoms with Crippen molar-refractivity contribution in [3.63, 3.8) is 0 Å². The van der Waals surface area contributed by atoms with E-state index in [1.165, 1.54) is 82.1 Å². The molecule has 62 heavy (non-hydrogen) atoms. The fraction of sp³-hybridized carbons (Fsp3) is 0.0167. The van der Waals surface area contributed by atoms with Crippen LogP contribution in [-0.2, 0) is 5.41 Å². The van der Waals surface area contributed by atoms with Crippen molar-refractivity contribution in [3.05, 3.63) is 259 Å². The molecule has 0 N–H and O–H groups in total. The maximum absolute atomic E-state index is 5.20. The zero-order chi connectivity index (χ0) is 41.0. The number of rotatable bonds is 6. The van der Waals surface area contributed by atoms with Gasteiger partial charge in [0.2, 0.25) is 0 Å². The lowest BCUT2D eigenvalue weighted by Crippen LogP contribution is -2.32. The second-order valence-corrected chi connectivity index (χ2v) is 17.3. The fourth-order valence-corrected chi connectivity index (χ4v) is 11.2. The highest BCUT2D eigenvalue weighted by atomic mass is 32.2. The maximum atomic E-state index is 5.20. The first-order chi connectivity index (χ1) is 30.7. The van der Waals surface area contributed by atoms with Crippen molar-refractivity contribution < 1.29 is 0 Å². The van der Waals surface area contributed by atoms with Crippen molar-refractivity contribution in [2.75, 3.05) is 0 Å². The standard InChI is InChI=1S/C60H39NS/c1-4-17-42(18-5-1)55-38-46(39-56(61-55)43-19-6-2-7-20-43)48-26-16-25-47(59(48)44-21-8-3-9-22-44)41-33-31-40(32-34-41)45-35-36-58-54(37-45)60(53-29-14-15-30-57(53)62-58)51-27-12-10-23-49(51)50-24-11-13-28-52(50)60/h1-39H. The van der Waals surface area contributed by atoms with Gasteiger partial charge in [0.05, 0.1) is 16.8 Å². The van der Waals surface area contributed by atoms with Gasteiger partial charge >= 0.3 is 0 Å². The Balaban J connectivity index is 0.997. The summed E-state index contributed by atoms with van der Waals surface area (Å²) in [4.78, 5) is 7.83. The summed E-state index contributed by atoms with van der Waals surface area (Å²) < 4.78 is 0. The molecule has 1 aliphatic carbocycles. The fourth-order valence-electron chi connectivity index (χ4n) is 10.0. The van der Waals surface area contributed by atoms with Crippen molar-refractivity contribution >= 4 is 11.8 Å². The lowest BCUT2D eigenvalue weighted by atomic mass is 9.67. The molecule has 2 heterocycles. The lowest BCUT2D eigenvalue weighted by molar-refractivity contribution is 0.723. The first kappa shape index (κ1) is 36.3. The molecule has 9 aromatic carbocycles. The number of aromatic nitrogens is 1. The highest BCUT2D eigenvalue weighted by Gasteiger charge is 2.50. The molecule has 0 radical (unpaired) electrons. The number of fused-ring (bicyclic) bond motifs is 9. The molecule has 0 saturated carbocycles. The van der Waals surface area contributed by atoms with Gasteiger partial charge in [0.1, 0.15) is 0 Å². The molecule has 1 nitrogen and oxygen atoms in total. The molecule has 2 heteroatoms. The maximum Gasteiger partial charge on any atom is 0.0735 e. The van der Waals surface area contributed by atoms with Crippen LogP contribution in [0.4, 0.5) is 0 Å². The van der Waals surface area contributed by atoms with Gasteiger partial charge in [0.15, 0.2) is 0 Å². The van der Waals surface area contributed by atoms with Gasteiger partial charge in [0, 0.05) is 20.9 Å². The van der Waals surface area contributed by atoms with E-state index < -0.39 is 5.41 Å². The number of nitrogens with zero attached hydrogens (tertiary/aromatic N) is 1. The van der Waals surface area contributed by atoms with Gasteiger partial charge in [0.25, 0.3) is 0 Å². The Morgan fingerprint density at radius 3 is 1.34 bits per heavy atom. The van der Waals surface area contributed by atoms with E-state index in [-0.39, 0.29) is 0 Å². The van der Waals surface area contributed by atoms with E-state index >= 15 is 0 Å². The summed E-state index contributed by atoms with van der Waals surface area (Å²) in [5, 5.41) is 0. The Kier molecular flexibility index (Phi) is 8.72. The minimum atomic E-state index is -0.404. The van der Waals surface area contributed by atoms with Crippen LogP contribution in [-0.4, -0.2) is 4.98 Å². The number of hydrogen-bond acceptors (Lipinski definition) is 2. The van der Waals surface area contributed by atoms with Gasteiger partial charge in [-0.2, -0.15) is 0 Å². The van der Waals surface area contributed by atoms with Crippen LogP contribution in [0.1, 0.15) is 22.3 Å². The van der Waals surface area contributed by atoms with Crippen molar-refractivity contribution in [2.45, 2.75) is 15.2 Å². The smallest absolute Gasteiger partial charge is 0.0735 e. The Morgan fingerprint density at radius 2 is 0.726 bits per heavy atom. The quantitative estimate of drug-likeness (QED) is 0.166. The van der Waals surface area contributed by atoms with Crippen LogP contribution in [0, 0.1) is 0 Å².